The van der Waals surface area contributed by atoms with E-state index in [1.807, 2.05) is 6.07 Å². The largest absolute Gasteiger partial charge is 0.444 e. The molecule has 1 atom stereocenters. The van der Waals surface area contributed by atoms with E-state index in [9.17, 15) is 9.59 Å². The Morgan fingerprint density at radius 2 is 1.75 bits per heavy atom. The molecule has 0 radical (unpaired) electrons. The lowest BCUT2D eigenvalue weighted by Gasteiger charge is -2.18. The third-order valence-electron chi connectivity index (χ3n) is 3.64. The second kappa shape index (κ2) is 7.24. The Morgan fingerprint density at radius 3 is 2.38 bits per heavy atom. The number of rotatable bonds is 5. The normalized spacial score (nSPS) is 14.8. The molecule has 0 saturated heterocycles. The van der Waals surface area contributed by atoms with Gasteiger partial charge >= 0.3 is 5.97 Å². The monoisotopic (exact) mass is 363 g/mol. The van der Waals surface area contributed by atoms with Crippen molar-refractivity contribution in [2.75, 3.05) is 0 Å². The van der Waals surface area contributed by atoms with E-state index in [1.54, 1.807) is 24.3 Å². The first-order chi connectivity index (χ1) is 11.5. The maximum absolute atomic E-state index is 12.4. The third-order valence-corrected chi connectivity index (χ3v) is 4.38. The Hall–Kier alpha value is -2.04. The Labute approximate surface area is 149 Å². The molecule has 0 spiro atoms. The van der Waals surface area contributed by atoms with Crippen molar-refractivity contribution in [2.24, 2.45) is 0 Å². The zero-order valence-electron chi connectivity index (χ0n) is 12.7. The van der Waals surface area contributed by atoms with Crippen LogP contribution < -0.4 is 5.32 Å². The second-order valence-corrected chi connectivity index (χ2v) is 6.42. The summed E-state index contributed by atoms with van der Waals surface area (Å²) in [7, 11) is 0. The number of amides is 1. The smallest absolute Gasteiger partial charge is 0.339 e. The fourth-order valence-electron chi connectivity index (χ4n) is 2.20. The summed E-state index contributed by atoms with van der Waals surface area (Å²) in [6, 6.07) is 13.5. The molecule has 24 heavy (non-hydrogen) atoms. The molecule has 4 nitrogen and oxygen atoms in total. The van der Waals surface area contributed by atoms with E-state index in [2.05, 4.69) is 5.32 Å². The molecule has 0 unspecified atom stereocenters. The maximum Gasteiger partial charge on any atom is 0.339 e. The van der Waals surface area contributed by atoms with Gasteiger partial charge in [0.05, 0.1) is 15.6 Å². The summed E-state index contributed by atoms with van der Waals surface area (Å²) < 4.78 is 5.46. The van der Waals surface area contributed by atoms with Crippen LogP contribution in [0, 0.1) is 0 Å². The summed E-state index contributed by atoms with van der Waals surface area (Å²) in [6.07, 6.45) is 0.899. The van der Waals surface area contributed by atoms with Crippen molar-refractivity contribution < 1.29 is 14.3 Å². The molecular weight excluding hydrogens is 349 g/mol. The Kier molecular flexibility index (Phi) is 5.07. The molecule has 2 aromatic rings. The molecule has 0 bridgehead atoms. The molecule has 6 heteroatoms. The lowest BCUT2D eigenvalue weighted by Crippen LogP contribution is -2.33. The summed E-state index contributed by atoms with van der Waals surface area (Å²) >= 11 is 11.8. The number of hydrogen-bond donors (Lipinski definition) is 1. The molecule has 1 aliphatic carbocycles. The van der Waals surface area contributed by atoms with Gasteiger partial charge in [-0.2, -0.15) is 0 Å². The average molecular weight is 364 g/mol. The molecule has 0 heterocycles. The van der Waals surface area contributed by atoms with Gasteiger partial charge in [0.15, 0.2) is 0 Å². The average Bonchev–Trinajstić information content (AvgIpc) is 3.39. The number of hydrogen-bond acceptors (Lipinski definition) is 3. The van der Waals surface area contributed by atoms with Crippen molar-refractivity contribution in [1.82, 2.24) is 5.32 Å². The Balaban J connectivity index is 1.81. The van der Waals surface area contributed by atoms with Gasteiger partial charge in [-0.15, -0.1) is 0 Å². The van der Waals surface area contributed by atoms with Gasteiger partial charge in [-0.25, -0.2) is 4.79 Å². The van der Waals surface area contributed by atoms with E-state index in [-0.39, 0.29) is 22.5 Å². The topological polar surface area (TPSA) is 55.4 Å². The van der Waals surface area contributed by atoms with Crippen molar-refractivity contribution >= 4 is 35.1 Å². The van der Waals surface area contributed by atoms with Crippen molar-refractivity contribution in [3.8, 4) is 0 Å². The van der Waals surface area contributed by atoms with Crippen molar-refractivity contribution in [3.63, 3.8) is 0 Å². The minimum absolute atomic E-state index is 0.174. The first-order valence-electron chi connectivity index (χ1n) is 7.56. The van der Waals surface area contributed by atoms with Crippen molar-refractivity contribution in [3.05, 3.63) is 69.7 Å². The Bertz CT molecular complexity index is 760. The summed E-state index contributed by atoms with van der Waals surface area (Å²) in [5.41, 5.74) is 0.855. The van der Waals surface area contributed by atoms with E-state index >= 15 is 0 Å². The lowest BCUT2D eigenvalue weighted by atomic mass is 10.1. The molecular formula is C18H15Cl2NO3. The minimum atomic E-state index is -1.01. The van der Waals surface area contributed by atoms with Crippen LogP contribution in [-0.4, -0.2) is 17.9 Å². The highest BCUT2D eigenvalue weighted by Crippen LogP contribution is 2.26. The molecule has 2 aromatic carbocycles. The van der Waals surface area contributed by atoms with E-state index in [1.165, 1.54) is 18.2 Å². The van der Waals surface area contributed by atoms with Gasteiger partial charge in [0.25, 0.3) is 5.91 Å². The van der Waals surface area contributed by atoms with Gasteiger partial charge in [-0.1, -0.05) is 53.5 Å². The predicted molar refractivity (Wildman–Crippen MR) is 92.2 cm³/mol. The zero-order chi connectivity index (χ0) is 17.1. The van der Waals surface area contributed by atoms with E-state index in [4.69, 9.17) is 27.9 Å². The number of carbonyl (C=O) groups excluding carboxylic acids is 2. The third kappa shape index (κ3) is 4.08. The fourth-order valence-corrected chi connectivity index (χ4v) is 2.50. The van der Waals surface area contributed by atoms with E-state index in [0.29, 0.717) is 10.6 Å². The van der Waals surface area contributed by atoms with Crippen LogP contribution in [0.15, 0.2) is 48.5 Å². The number of halogens is 2. The number of nitrogens with one attached hydrogen (secondary N) is 1. The van der Waals surface area contributed by atoms with Crippen LogP contribution in [0.3, 0.4) is 0 Å². The molecule has 1 aliphatic rings. The lowest BCUT2D eigenvalue weighted by molar-refractivity contribution is -0.130. The molecule has 0 aliphatic heterocycles. The second-order valence-electron chi connectivity index (χ2n) is 5.61. The fraction of sp³-hybridized carbons (Fsp3) is 0.222. The summed E-state index contributed by atoms with van der Waals surface area (Å²) in [4.78, 5) is 24.8. The quantitative estimate of drug-likeness (QED) is 0.811. The highest BCUT2D eigenvalue weighted by Gasteiger charge is 2.31. The van der Waals surface area contributed by atoms with Crippen LogP contribution in [0.5, 0.6) is 0 Å². The zero-order valence-corrected chi connectivity index (χ0v) is 14.2. The number of ether oxygens (including phenoxy) is 1. The van der Waals surface area contributed by atoms with Crippen molar-refractivity contribution in [2.45, 2.75) is 25.0 Å². The number of esters is 1. The van der Waals surface area contributed by atoms with Crippen molar-refractivity contribution in [1.29, 1.82) is 0 Å². The molecule has 0 aromatic heterocycles. The van der Waals surface area contributed by atoms with Gasteiger partial charge in [-0.05, 0) is 31.0 Å². The van der Waals surface area contributed by atoms with Gasteiger partial charge in [0.2, 0.25) is 6.10 Å². The van der Waals surface area contributed by atoms with Crippen LogP contribution in [0.1, 0.15) is 34.9 Å². The van der Waals surface area contributed by atoms with Crippen LogP contribution >= 0.6 is 23.2 Å². The molecule has 3 rings (SSSR count). The van der Waals surface area contributed by atoms with Gasteiger partial charge in [0.1, 0.15) is 0 Å². The SMILES string of the molecule is O=C(O[C@@H](C(=O)NC1CC1)c1ccccc1)c1ccc(Cl)c(Cl)c1. The predicted octanol–water partition coefficient (Wildman–Crippen LogP) is 4.17. The molecule has 1 amide bonds. The summed E-state index contributed by atoms with van der Waals surface area (Å²) in [5, 5.41) is 3.47. The summed E-state index contributed by atoms with van der Waals surface area (Å²) in [5.74, 6) is -0.953. The van der Waals surface area contributed by atoms with Crippen LogP contribution in [0.4, 0.5) is 0 Å². The number of carbonyl (C=O) groups is 2. The maximum atomic E-state index is 12.4. The Morgan fingerprint density at radius 1 is 1.04 bits per heavy atom. The molecule has 124 valence electrons. The highest BCUT2D eigenvalue weighted by atomic mass is 35.5. The highest BCUT2D eigenvalue weighted by molar-refractivity contribution is 6.42. The first-order valence-corrected chi connectivity index (χ1v) is 8.31. The van der Waals surface area contributed by atoms with Crippen LogP contribution in [0.25, 0.3) is 0 Å². The van der Waals surface area contributed by atoms with Gasteiger partial charge in [0, 0.05) is 11.6 Å². The van der Waals surface area contributed by atoms with Gasteiger partial charge in [-0.3, -0.25) is 4.79 Å². The van der Waals surface area contributed by atoms with E-state index < -0.39 is 12.1 Å². The number of benzene rings is 2. The van der Waals surface area contributed by atoms with Crippen LogP contribution in [0.2, 0.25) is 10.0 Å². The first kappa shape index (κ1) is 16.8. The molecule has 1 fully saturated rings. The minimum Gasteiger partial charge on any atom is -0.444 e. The standard InChI is InChI=1S/C18H15Cl2NO3/c19-14-9-6-12(10-15(14)20)18(23)24-16(11-4-2-1-3-5-11)17(22)21-13-7-8-13/h1-6,9-10,13,16H,7-8H2,(H,21,22)/t16-/m1/s1. The van der Waals surface area contributed by atoms with E-state index in [0.717, 1.165) is 12.8 Å². The molecule has 1 N–H and O–H groups in total. The summed E-state index contributed by atoms with van der Waals surface area (Å²) in [6.45, 7) is 0. The van der Waals surface area contributed by atoms with Gasteiger partial charge < -0.3 is 10.1 Å². The van der Waals surface area contributed by atoms with Crippen LogP contribution in [-0.2, 0) is 9.53 Å². The molecule has 1 saturated carbocycles.